The normalized spacial score (nSPS) is 12.0. The van der Waals surface area contributed by atoms with Gasteiger partial charge in [0, 0.05) is 13.0 Å². The Hall–Kier alpha value is -2.49. The molecule has 0 fully saturated rings. The second kappa shape index (κ2) is 8.47. The number of alkyl halides is 3. The van der Waals surface area contributed by atoms with Crippen LogP contribution in [0.15, 0.2) is 47.1 Å². The second-order valence-electron chi connectivity index (χ2n) is 5.84. The zero-order valence-electron chi connectivity index (χ0n) is 14.5. The minimum Gasteiger partial charge on any atom is -0.467 e. The molecule has 10 heteroatoms. The summed E-state index contributed by atoms with van der Waals surface area (Å²) in [5.41, 5.74) is -1.03. The Balaban J connectivity index is 1.98. The van der Waals surface area contributed by atoms with E-state index >= 15 is 0 Å². The Kier molecular flexibility index (Phi) is 6.53. The van der Waals surface area contributed by atoms with Gasteiger partial charge in [-0.05, 0) is 36.8 Å². The summed E-state index contributed by atoms with van der Waals surface area (Å²) in [5.74, 6) is 0.258. The molecule has 0 bridgehead atoms. The first kappa shape index (κ1) is 20.8. The summed E-state index contributed by atoms with van der Waals surface area (Å²) < 4.78 is 68.5. The number of halogens is 3. The van der Waals surface area contributed by atoms with Crippen LogP contribution in [-0.4, -0.2) is 27.1 Å². The third kappa shape index (κ3) is 6.31. The number of sulfonamides is 1. The second-order valence-corrected chi connectivity index (χ2v) is 7.75. The molecule has 0 atom stereocenters. The van der Waals surface area contributed by atoms with Crippen molar-refractivity contribution in [3.05, 3.63) is 54.0 Å². The van der Waals surface area contributed by atoms with Crippen LogP contribution in [0.3, 0.4) is 0 Å². The molecule has 0 saturated heterocycles. The largest absolute Gasteiger partial charge is 0.467 e. The van der Waals surface area contributed by atoms with Gasteiger partial charge in [0.15, 0.2) is 0 Å². The maximum atomic E-state index is 12.9. The van der Waals surface area contributed by atoms with Crippen LogP contribution < -0.4 is 9.62 Å². The number of carbonyl (C=O) groups excluding carboxylic acids is 1. The van der Waals surface area contributed by atoms with Gasteiger partial charge in [-0.3, -0.25) is 9.10 Å². The highest BCUT2D eigenvalue weighted by Crippen LogP contribution is 2.32. The Labute approximate surface area is 155 Å². The fraction of sp³-hybridized carbons (Fsp3) is 0.353. The van der Waals surface area contributed by atoms with E-state index in [4.69, 9.17) is 4.42 Å². The van der Waals surface area contributed by atoms with Crippen LogP contribution in [0, 0.1) is 0 Å². The molecule has 2 aromatic rings. The van der Waals surface area contributed by atoms with Gasteiger partial charge in [-0.15, -0.1) is 0 Å². The molecule has 0 spiro atoms. The van der Waals surface area contributed by atoms with Gasteiger partial charge in [-0.2, -0.15) is 13.2 Å². The van der Waals surface area contributed by atoms with Gasteiger partial charge < -0.3 is 9.73 Å². The number of nitrogens with one attached hydrogen (secondary N) is 1. The zero-order valence-corrected chi connectivity index (χ0v) is 15.3. The molecule has 27 heavy (non-hydrogen) atoms. The predicted molar refractivity (Wildman–Crippen MR) is 93.4 cm³/mol. The van der Waals surface area contributed by atoms with Crippen LogP contribution in [0.25, 0.3) is 0 Å². The van der Waals surface area contributed by atoms with Crippen LogP contribution >= 0.6 is 0 Å². The van der Waals surface area contributed by atoms with Crippen molar-refractivity contribution in [2.45, 2.75) is 25.6 Å². The van der Waals surface area contributed by atoms with E-state index in [0.29, 0.717) is 5.76 Å². The average Bonchev–Trinajstić information content (AvgIpc) is 3.08. The number of rotatable bonds is 8. The maximum Gasteiger partial charge on any atom is 0.416 e. The van der Waals surface area contributed by atoms with Gasteiger partial charge in [-0.1, -0.05) is 6.07 Å². The van der Waals surface area contributed by atoms with Crippen molar-refractivity contribution < 1.29 is 30.8 Å². The Morgan fingerprint density at radius 3 is 2.56 bits per heavy atom. The molecule has 2 rings (SSSR count). The molecule has 148 valence electrons. The van der Waals surface area contributed by atoms with Crippen molar-refractivity contribution in [3.8, 4) is 0 Å². The zero-order chi connectivity index (χ0) is 20.1. The number of carbonyl (C=O) groups is 1. The lowest BCUT2D eigenvalue weighted by molar-refractivity contribution is -0.137. The summed E-state index contributed by atoms with van der Waals surface area (Å²) in [6.07, 6.45) is -2.03. The Morgan fingerprint density at radius 2 is 1.96 bits per heavy atom. The van der Waals surface area contributed by atoms with E-state index in [1.54, 1.807) is 12.1 Å². The fourth-order valence-corrected chi connectivity index (χ4v) is 3.35. The van der Waals surface area contributed by atoms with E-state index < -0.39 is 21.8 Å². The van der Waals surface area contributed by atoms with Crippen LogP contribution in [0.1, 0.15) is 24.2 Å². The summed E-state index contributed by atoms with van der Waals surface area (Å²) in [6, 6.07) is 7.45. The SMILES string of the molecule is CS(=O)(=O)N(CCCC(=O)NCc1ccco1)c1cccc(C(F)(F)F)c1. The van der Waals surface area contributed by atoms with Crippen molar-refractivity contribution in [3.63, 3.8) is 0 Å². The third-order valence-electron chi connectivity index (χ3n) is 3.67. The average molecular weight is 404 g/mol. The topological polar surface area (TPSA) is 79.6 Å². The highest BCUT2D eigenvalue weighted by molar-refractivity contribution is 7.92. The standard InChI is InChI=1S/C17H19F3N2O4S/c1-27(24,25)22(14-6-2-5-13(11-14)17(18,19)20)9-3-8-16(23)21-12-15-7-4-10-26-15/h2,4-7,10-11H,3,8-9,12H2,1H3,(H,21,23). The molecule has 0 aliphatic rings. The first-order valence-corrected chi connectivity index (χ1v) is 9.86. The molecular formula is C17H19F3N2O4S. The minimum atomic E-state index is -4.58. The fourth-order valence-electron chi connectivity index (χ4n) is 2.39. The van der Waals surface area contributed by atoms with Crippen molar-refractivity contribution in [2.24, 2.45) is 0 Å². The lowest BCUT2D eigenvalue weighted by Gasteiger charge is -2.23. The molecule has 1 amide bonds. The molecular weight excluding hydrogens is 385 g/mol. The van der Waals surface area contributed by atoms with Gasteiger partial charge in [0.05, 0.1) is 30.3 Å². The number of hydrogen-bond acceptors (Lipinski definition) is 4. The summed E-state index contributed by atoms with van der Waals surface area (Å²) in [4.78, 5) is 11.8. The van der Waals surface area contributed by atoms with Crippen LogP contribution in [0.2, 0.25) is 0 Å². The molecule has 1 N–H and O–H groups in total. The molecule has 0 saturated carbocycles. The first-order valence-electron chi connectivity index (χ1n) is 8.01. The van der Waals surface area contributed by atoms with E-state index in [9.17, 15) is 26.4 Å². The van der Waals surface area contributed by atoms with E-state index in [1.807, 2.05) is 0 Å². The van der Waals surface area contributed by atoms with Crippen molar-refractivity contribution in [1.82, 2.24) is 5.32 Å². The van der Waals surface area contributed by atoms with Gasteiger partial charge in [0.1, 0.15) is 5.76 Å². The van der Waals surface area contributed by atoms with Crippen molar-refractivity contribution in [1.29, 1.82) is 0 Å². The molecule has 1 aromatic carbocycles. The number of amides is 1. The highest BCUT2D eigenvalue weighted by Gasteiger charge is 2.31. The molecule has 1 aromatic heterocycles. The van der Waals surface area contributed by atoms with E-state index in [-0.39, 0.29) is 37.5 Å². The van der Waals surface area contributed by atoms with Crippen molar-refractivity contribution >= 4 is 21.6 Å². The van der Waals surface area contributed by atoms with E-state index in [0.717, 1.165) is 28.8 Å². The highest BCUT2D eigenvalue weighted by atomic mass is 32.2. The summed E-state index contributed by atoms with van der Waals surface area (Å²) >= 11 is 0. The molecule has 0 unspecified atom stereocenters. The Bertz CT molecular complexity index is 865. The quantitative estimate of drug-likeness (QED) is 0.733. The predicted octanol–water partition coefficient (Wildman–Crippen LogP) is 3.16. The first-order chi connectivity index (χ1) is 12.6. The number of benzene rings is 1. The van der Waals surface area contributed by atoms with Gasteiger partial charge in [0.25, 0.3) is 0 Å². The molecule has 0 radical (unpaired) electrons. The van der Waals surface area contributed by atoms with E-state index in [1.165, 1.54) is 12.3 Å². The lowest BCUT2D eigenvalue weighted by atomic mass is 10.2. The minimum absolute atomic E-state index is 0.0195. The molecule has 0 aliphatic heterocycles. The third-order valence-corrected chi connectivity index (χ3v) is 4.86. The number of nitrogens with zero attached hydrogens (tertiary/aromatic N) is 1. The number of anilines is 1. The summed E-state index contributed by atoms with van der Waals surface area (Å²) in [7, 11) is -3.81. The summed E-state index contributed by atoms with van der Waals surface area (Å²) in [6.45, 7) is 0.0869. The van der Waals surface area contributed by atoms with Crippen LogP contribution in [-0.2, 0) is 27.5 Å². The molecule has 1 heterocycles. The summed E-state index contributed by atoms with van der Waals surface area (Å²) in [5, 5.41) is 2.62. The number of furan rings is 1. The lowest BCUT2D eigenvalue weighted by Crippen LogP contribution is -2.32. The molecule has 6 nitrogen and oxygen atoms in total. The molecule has 0 aliphatic carbocycles. The van der Waals surface area contributed by atoms with Crippen LogP contribution in [0.4, 0.5) is 18.9 Å². The van der Waals surface area contributed by atoms with E-state index in [2.05, 4.69) is 5.32 Å². The van der Waals surface area contributed by atoms with Gasteiger partial charge in [-0.25, -0.2) is 8.42 Å². The van der Waals surface area contributed by atoms with Crippen molar-refractivity contribution in [2.75, 3.05) is 17.1 Å². The van der Waals surface area contributed by atoms with Crippen LogP contribution in [0.5, 0.6) is 0 Å². The van der Waals surface area contributed by atoms with Gasteiger partial charge >= 0.3 is 6.18 Å². The number of hydrogen-bond donors (Lipinski definition) is 1. The Morgan fingerprint density at radius 1 is 1.22 bits per heavy atom. The van der Waals surface area contributed by atoms with Gasteiger partial charge in [0.2, 0.25) is 15.9 Å². The smallest absolute Gasteiger partial charge is 0.416 e. The maximum absolute atomic E-state index is 12.9. The monoisotopic (exact) mass is 404 g/mol.